The third-order valence-corrected chi connectivity index (χ3v) is 4.20. The van der Waals surface area contributed by atoms with Gasteiger partial charge in [-0.1, -0.05) is 42.5 Å². The zero-order valence-electron chi connectivity index (χ0n) is 11.2. The second kappa shape index (κ2) is 7.53. The Morgan fingerprint density at radius 1 is 1.10 bits per heavy atom. The van der Waals surface area contributed by atoms with E-state index in [0.29, 0.717) is 4.47 Å². The van der Waals surface area contributed by atoms with Crippen LogP contribution in [0.1, 0.15) is 30.0 Å². The average Bonchev–Trinajstić information content (AvgIpc) is 2.48. The molecule has 0 aliphatic heterocycles. The third-order valence-electron chi connectivity index (χ3n) is 3.36. The lowest BCUT2D eigenvalue weighted by atomic mass is 9.99. The van der Waals surface area contributed by atoms with Crippen molar-refractivity contribution in [3.05, 3.63) is 69.9 Å². The van der Waals surface area contributed by atoms with Gasteiger partial charge in [0.25, 0.3) is 0 Å². The van der Waals surface area contributed by atoms with Crippen molar-refractivity contribution in [2.24, 2.45) is 5.84 Å². The van der Waals surface area contributed by atoms with Gasteiger partial charge in [0.2, 0.25) is 0 Å². The van der Waals surface area contributed by atoms with E-state index in [9.17, 15) is 4.39 Å². The zero-order chi connectivity index (χ0) is 14.4. The summed E-state index contributed by atoms with van der Waals surface area (Å²) in [7, 11) is 0. The first kappa shape index (κ1) is 15.2. The molecule has 0 spiro atoms. The monoisotopic (exact) mass is 336 g/mol. The molecular weight excluding hydrogens is 319 g/mol. The number of benzene rings is 2. The first-order valence-corrected chi connectivity index (χ1v) is 7.45. The number of hydrogen-bond donors (Lipinski definition) is 2. The van der Waals surface area contributed by atoms with E-state index in [2.05, 4.69) is 33.5 Å². The molecule has 0 saturated carbocycles. The standard InChI is InChI=1S/C16H18BrFN2/c17-16-13(9-5-10-14(16)18)15(20-19)11-4-8-12-6-2-1-3-7-12/h1-3,5-7,9-10,15,20H,4,8,11,19H2. The van der Waals surface area contributed by atoms with Crippen molar-refractivity contribution in [2.45, 2.75) is 25.3 Å². The normalized spacial score (nSPS) is 12.3. The smallest absolute Gasteiger partial charge is 0.137 e. The van der Waals surface area contributed by atoms with Crippen molar-refractivity contribution in [1.29, 1.82) is 0 Å². The Hall–Kier alpha value is -1.23. The molecule has 0 heterocycles. The fraction of sp³-hybridized carbons (Fsp3) is 0.250. The van der Waals surface area contributed by atoms with Crippen molar-refractivity contribution >= 4 is 15.9 Å². The minimum Gasteiger partial charge on any atom is -0.271 e. The Bertz CT molecular complexity index is 545. The van der Waals surface area contributed by atoms with Crippen molar-refractivity contribution in [3.8, 4) is 0 Å². The second-order valence-electron chi connectivity index (χ2n) is 4.74. The Morgan fingerprint density at radius 2 is 1.85 bits per heavy atom. The van der Waals surface area contributed by atoms with Gasteiger partial charge in [0.15, 0.2) is 0 Å². The van der Waals surface area contributed by atoms with Gasteiger partial charge in [-0.3, -0.25) is 11.3 Å². The van der Waals surface area contributed by atoms with Crippen LogP contribution in [0.5, 0.6) is 0 Å². The number of hydrogen-bond acceptors (Lipinski definition) is 2. The van der Waals surface area contributed by atoms with Gasteiger partial charge in [-0.2, -0.15) is 0 Å². The number of hydrazine groups is 1. The van der Waals surface area contributed by atoms with Crippen LogP contribution >= 0.6 is 15.9 Å². The Labute approximate surface area is 127 Å². The SMILES string of the molecule is NNC(CCCc1ccccc1)c1cccc(F)c1Br. The molecule has 1 unspecified atom stereocenters. The summed E-state index contributed by atoms with van der Waals surface area (Å²) in [6.07, 6.45) is 2.83. The van der Waals surface area contributed by atoms with Gasteiger partial charge in [-0.25, -0.2) is 4.39 Å². The summed E-state index contributed by atoms with van der Waals surface area (Å²) in [5.41, 5.74) is 4.94. The van der Waals surface area contributed by atoms with Gasteiger partial charge in [0, 0.05) is 6.04 Å². The summed E-state index contributed by atoms with van der Waals surface area (Å²) in [4.78, 5) is 0. The lowest BCUT2D eigenvalue weighted by molar-refractivity contribution is 0.492. The number of nitrogens with two attached hydrogens (primary N) is 1. The first-order chi connectivity index (χ1) is 9.72. The first-order valence-electron chi connectivity index (χ1n) is 6.66. The van der Waals surface area contributed by atoms with Gasteiger partial charge < -0.3 is 0 Å². The summed E-state index contributed by atoms with van der Waals surface area (Å²) in [5.74, 6) is 5.35. The van der Waals surface area contributed by atoms with Crippen molar-refractivity contribution in [3.63, 3.8) is 0 Å². The topological polar surface area (TPSA) is 38.0 Å². The molecule has 20 heavy (non-hydrogen) atoms. The largest absolute Gasteiger partial charge is 0.271 e. The molecule has 2 rings (SSSR count). The highest BCUT2D eigenvalue weighted by atomic mass is 79.9. The second-order valence-corrected chi connectivity index (χ2v) is 5.53. The van der Waals surface area contributed by atoms with Crippen molar-refractivity contribution < 1.29 is 4.39 Å². The molecule has 0 radical (unpaired) electrons. The van der Waals surface area contributed by atoms with Crippen molar-refractivity contribution in [1.82, 2.24) is 5.43 Å². The van der Waals surface area contributed by atoms with E-state index in [-0.39, 0.29) is 11.9 Å². The van der Waals surface area contributed by atoms with E-state index in [4.69, 9.17) is 5.84 Å². The average molecular weight is 337 g/mol. The summed E-state index contributed by atoms with van der Waals surface area (Å²) in [5, 5.41) is 0. The maximum atomic E-state index is 13.5. The minimum absolute atomic E-state index is 0.0520. The highest BCUT2D eigenvalue weighted by molar-refractivity contribution is 9.10. The van der Waals surface area contributed by atoms with Gasteiger partial charge in [-0.05, 0) is 52.4 Å². The molecule has 2 aromatic rings. The van der Waals surface area contributed by atoms with E-state index >= 15 is 0 Å². The third kappa shape index (κ3) is 3.88. The van der Waals surface area contributed by atoms with Crippen LogP contribution in [0.3, 0.4) is 0 Å². The molecule has 0 bridgehead atoms. The molecule has 0 amide bonds. The van der Waals surface area contributed by atoms with Crippen LogP contribution in [0.15, 0.2) is 53.0 Å². The van der Waals surface area contributed by atoms with Gasteiger partial charge >= 0.3 is 0 Å². The Morgan fingerprint density at radius 3 is 2.55 bits per heavy atom. The maximum Gasteiger partial charge on any atom is 0.137 e. The van der Waals surface area contributed by atoms with Crippen LogP contribution < -0.4 is 11.3 Å². The van der Waals surface area contributed by atoms with Crippen LogP contribution in [0.4, 0.5) is 4.39 Å². The molecule has 4 heteroatoms. The molecule has 0 saturated heterocycles. The predicted octanol–water partition coefficient (Wildman–Crippen LogP) is 4.12. The number of rotatable bonds is 6. The highest BCUT2D eigenvalue weighted by Gasteiger charge is 2.15. The number of aryl methyl sites for hydroxylation is 1. The molecule has 0 aromatic heterocycles. The fourth-order valence-electron chi connectivity index (χ4n) is 2.27. The van der Waals surface area contributed by atoms with Crippen molar-refractivity contribution in [2.75, 3.05) is 0 Å². The van der Waals surface area contributed by atoms with Gasteiger partial charge in [-0.15, -0.1) is 0 Å². The van der Waals surface area contributed by atoms with Gasteiger partial charge in [0.1, 0.15) is 5.82 Å². The lowest BCUT2D eigenvalue weighted by Crippen LogP contribution is -2.28. The van der Waals surface area contributed by atoms with E-state index < -0.39 is 0 Å². The number of nitrogens with one attached hydrogen (secondary N) is 1. The van der Waals surface area contributed by atoms with Crippen LogP contribution in [-0.4, -0.2) is 0 Å². The zero-order valence-corrected chi connectivity index (χ0v) is 12.7. The molecule has 3 N–H and O–H groups in total. The van der Waals surface area contributed by atoms with E-state index in [1.54, 1.807) is 6.07 Å². The summed E-state index contributed by atoms with van der Waals surface area (Å²) in [6, 6.07) is 15.3. The van der Waals surface area contributed by atoms with Crippen LogP contribution in [-0.2, 0) is 6.42 Å². The Balaban J connectivity index is 1.97. The van der Waals surface area contributed by atoms with E-state index in [0.717, 1.165) is 24.8 Å². The molecule has 0 aliphatic rings. The van der Waals surface area contributed by atoms with Crippen LogP contribution in [0.25, 0.3) is 0 Å². The molecule has 0 aliphatic carbocycles. The molecule has 2 nitrogen and oxygen atoms in total. The molecule has 106 valence electrons. The van der Waals surface area contributed by atoms with Crippen LogP contribution in [0, 0.1) is 5.82 Å². The summed E-state index contributed by atoms with van der Waals surface area (Å²) >= 11 is 3.29. The quantitative estimate of drug-likeness (QED) is 0.615. The summed E-state index contributed by atoms with van der Waals surface area (Å²) < 4.78 is 14.0. The molecule has 2 aromatic carbocycles. The molecule has 0 fully saturated rings. The van der Waals surface area contributed by atoms with E-state index in [1.165, 1.54) is 11.6 Å². The fourth-order valence-corrected chi connectivity index (χ4v) is 2.81. The summed E-state index contributed by atoms with van der Waals surface area (Å²) in [6.45, 7) is 0. The Kier molecular flexibility index (Phi) is 5.71. The van der Waals surface area contributed by atoms with E-state index in [1.807, 2.05) is 24.3 Å². The minimum atomic E-state index is -0.259. The number of halogens is 2. The van der Waals surface area contributed by atoms with Gasteiger partial charge in [0.05, 0.1) is 4.47 Å². The lowest BCUT2D eigenvalue weighted by Gasteiger charge is -2.18. The molecular formula is C16H18BrFN2. The van der Waals surface area contributed by atoms with Crippen LogP contribution in [0.2, 0.25) is 0 Å². The molecule has 1 atom stereocenters. The predicted molar refractivity (Wildman–Crippen MR) is 83.5 cm³/mol. The maximum absolute atomic E-state index is 13.5. The highest BCUT2D eigenvalue weighted by Crippen LogP contribution is 2.28.